The number of carbonyl (C=O) groups is 1. The Morgan fingerprint density at radius 3 is 2.77 bits per heavy atom. The molecular weight excluding hydrogens is 184 g/mol. The molecule has 74 valence electrons. The summed E-state index contributed by atoms with van der Waals surface area (Å²) < 4.78 is 0. The third-order valence-electron chi connectivity index (χ3n) is 2.31. The van der Waals surface area contributed by atoms with Crippen LogP contribution in [0.5, 0.6) is 0 Å². The average molecular weight is 200 g/mol. The summed E-state index contributed by atoms with van der Waals surface area (Å²) in [5, 5.41) is 2.90. The molecule has 0 aromatic carbocycles. The molecule has 1 amide bonds. The predicted molar refractivity (Wildman–Crippen MR) is 56.5 cm³/mol. The molecular formula is C9H16N2OS. The molecule has 0 aliphatic heterocycles. The van der Waals surface area contributed by atoms with E-state index in [9.17, 15) is 4.79 Å². The van der Waals surface area contributed by atoms with Gasteiger partial charge in [0.1, 0.15) is 0 Å². The zero-order valence-corrected chi connectivity index (χ0v) is 8.68. The van der Waals surface area contributed by atoms with Crippen molar-refractivity contribution >= 4 is 18.5 Å². The van der Waals surface area contributed by atoms with Crippen molar-refractivity contribution in [2.75, 3.05) is 0 Å². The molecule has 0 radical (unpaired) electrons. The summed E-state index contributed by atoms with van der Waals surface area (Å²) in [6.45, 7) is 1.79. The molecule has 1 rings (SSSR count). The van der Waals surface area contributed by atoms with Gasteiger partial charge in [0.2, 0.25) is 0 Å². The van der Waals surface area contributed by atoms with Crippen LogP contribution in [-0.2, 0) is 4.79 Å². The Labute approximate surface area is 84.2 Å². The van der Waals surface area contributed by atoms with Gasteiger partial charge in [0.15, 0.2) is 0 Å². The number of nitrogens with one attached hydrogen (secondary N) is 1. The van der Waals surface area contributed by atoms with Crippen molar-refractivity contribution in [1.82, 2.24) is 5.32 Å². The second-order valence-electron chi connectivity index (χ2n) is 3.42. The summed E-state index contributed by atoms with van der Waals surface area (Å²) in [7, 11) is 0. The Kier molecular flexibility index (Phi) is 3.81. The number of rotatable bonds is 2. The molecule has 0 spiro atoms. The van der Waals surface area contributed by atoms with Crippen LogP contribution in [0.15, 0.2) is 11.0 Å². The van der Waals surface area contributed by atoms with Crippen molar-refractivity contribution in [1.29, 1.82) is 0 Å². The lowest BCUT2D eigenvalue weighted by molar-refractivity contribution is -0.117. The fourth-order valence-corrected chi connectivity index (χ4v) is 1.60. The maximum Gasteiger partial charge on any atom is 0.257 e. The number of carbonyl (C=O) groups excluding carboxylic acids is 1. The number of hydrogen-bond acceptors (Lipinski definition) is 3. The summed E-state index contributed by atoms with van der Waals surface area (Å²) in [4.78, 5) is 11.8. The third-order valence-corrected chi connectivity index (χ3v) is 2.78. The van der Waals surface area contributed by atoms with Crippen LogP contribution in [0.2, 0.25) is 0 Å². The van der Waals surface area contributed by atoms with Crippen molar-refractivity contribution in [3.8, 4) is 0 Å². The lowest BCUT2D eigenvalue weighted by atomic mass is 10.2. The Hall–Kier alpha value is -0.480. The van der Waals surface area contributed by atoms with Crippen molar-refractivity contribution in [2.45, 2.75) is 38.3 Å². The topological polar surface area (TPSA) is 55.1 Å². The van der Waals surface area contributed by atoms with Crippen LogP contribution in [0.3, 0.4) is 0 Å². The molecule has 0 bridgehead atoms. The SMILES string of the molecule is C/C=C(\S)C(=O)N[C@H]1CC[C@@H](N)C1. The van der Waals surface area contributed by atoms with Crippen LogP contribution in [0.1, 0.15) is 26.2 Å². The van der Waals surface area contributed by atoms with Crippen LogP contribution >= 0.6 is 12.6 Å². The maximum atomic E-state index is 11.3. The molecule has 0 heterocycles. The predicted octanol–water partition coefficient (Wildman–Crippen LogP) is 0.816. The fourth-order valence-electron chi connectivity index (χ4n) is 1.54. The molecule has 1 saturated carbocycles. The van der Waals surface area contributed by atoms with E-state index in [1.165, 1.54) is 0 Å². The van der Waals surface area contributed by atoms with Gasteiger partial charge in [0.05, 0.1) is 4.91 Å². The van der Waals surface area contributed by atoms with E-state index < -0.39 is 0 Å². The van der Waals surface area contributed by atoms with Crippen molar-refractivity contribution < 1.29 is 4.79 Å². The summed E-state index contributed by atoms with van der Waals surface area (Å²) in [5.74, 6) is -0.0927. The minimum atomic E-state index is -0.0927. The lowest BCUT2D eigenvalue weighted by Gasteiger charge is -2.11. The van der Waals surface area contributed by atoms with E-state index >= 15 is 0 Å². The quantitative estimate of drug-likeness (QED) is 0.456. The fraction of sp³-hybridized carbons (Fsp3) is 0.667. The smallest absolute Gasteiger partial charge is 0.257 e. The highest BCUT2D eigenvalue weighted by atomic mass is 32.1. The Bertz CT molecular complexity index is 228. The molecule has 1 aliphatic rings. The van der Waals surface area contributed by atoms with E-state index in [4.69, 9.17) is 5.73 Å². The highest BCUT2D eigenvalue weighted by Crippen LogP contribution is 2.17. The summed E-state index contributed by atoms with van der Waals surface area (Å²) in [6.07, 6.45) is 4.56. The second-order valence-corrected chi connectivity index (χ2v) is 3.90. The van der Waals surface area contributed by atoms with E-state index in [0.29, 0.717) is 4.91 Å². The van der Waals surface area contributed by atoms with Crippen molar-refractivity contribution in [2.24, 2.45) is 5.73 Å². The number of thiol groups is 1. The van der Waals surface area contributed by atoms with Gasteiger partial charge in [-0.25, -0.2) is 0 Å². The highest BCUT2D eigenvalue weighted by Gasteiger charge is 2.23. The normalized spacial score (nSPS) is 29.0. The standard InChI is InChI=1S/C9H16N2OS/c1-2-8(13)9(12)11-7-4-3-6(10)5-7/h2,6-7,13H,3-5,10H2,1H3,(H,11,12)/b8-2-/t6-,7+/m1/s1. The molecule has 0 unspecified atom stereocenters. The molecule has 2 atom stereocenters. The molecule has 0 saturated heterocycles. The molecule has 4 heteroatoms. The first-order chi connectivity index (χ1) is 6.13. The van der Waals surface area contributed by atoms with Gasteiger partial charge < -0.3 is 11.1 Å². The maximum absolute atomic E-state index is 11.3. The van der Waals surface area contributed by atoms with E-state index in [1.807, 2.05) is 0 Å². The van der Waals surface area contributed by atoms with E-state index in [0.717, 1.165) is 19.3 Å². The Morgan fingerprint density at radius 1 is 1.62 bits per heavy atom. The molecule has 3 N–H and O–H groups in total. The zero-order chi connectivity index (χ0) is 9.84. The van der Waals surface area contributed by atoms with Crippen LogP contribution in [0.25, 0.3) is 0 Å². The van der Waals surface area contributed by atoms with Crippen LogP contribution in [-0.4, -0.2) is 18.0 Å². The zero-order valence-electron chi connectivity index (χ0n) is 7.79. The number of nitrogens with two attached hydrogens (primary N) is 1. The van der Waals surface area contributed by atoms with Crippen LogP contribution in [0.4, 0.5) is 0 Å². The largest absolute Gasteiger partial charge is 0.349 e. The van der Waals surface area contributed by atoms with Gasteiger partial charge >= 0.3 is 0 Å². The minimum Gasteiger partial charge on any atom is -0.349 e. The molecule has 1 aliphatic carbocycles. The van der Waals surface area contributed by atoms with E-state index in [2.05, 4.69) is 17.9 Å². The first-order valence-corrected chi connectivity index (χ1v) is 5.00. The first-order valence-electron chi connectivity index (χ1n) is 4.55. The van der Waals surface area contributed by atoms with Crippen LogP contribution in [0, 0.1) is 0 Å². The monoisotopic (exact) mass is 200 g/mol. The van der Waals surface area contributed by atoms with Crippen molar-refractivity contribution in [3.05, 3.63) is 11.0 Å². The van der Waals surface area contributed by atoms with Gasteiger partial charge in [-0.1, -0.05) is 6.08 Å². The molecule has 13 heavy (non-hydrogen) atoms. The van der Waals surface area contributed by atoms with Crippen molar-refractivity contribution in [3.63, 3.8) is 0 Å². The summed E-state index contributed by atoms with van der Waals surface area (Å²) >= 11 is 4.04. The average Bonchev–Trinajstić information content (AvgIpc) is 2.49. The van der Waals surface area contributed by atoms with E-state index in [1.54, 1.807) is 13.0 Å². The molecule has 3 nitrogen and oxygen atoms in total. The van der Waals surface area contributed by atoms with Gasteiger partial charge in [-0.15, -0.1) is 12.6 Å². The molecule has 0 aromatic rings. The van der Waals surface area contributed by atoms with E-state index in [-0.39, 0.29) is 18.0 Å². The van der Waals surface area contributed by atoms with Gasteiger partial charge in [0.25, 0.3) is 5.91 Å². The lowest BCUT2D eigenvalue weighted by Crippen LogP contribution is -2.34. The van der Waals surface area contributed by atoms with Gasteiger partial charge in [-0.3, -0.25) is 4.79 Å². The molecule has 0 aromatic heterocycles. The van der Waals surface area contributed by atoms with Gasteiger partial charge in [-0.2, -0.15) is 0 Å². The Morgan fingerprint density at radius 2 is 2.31 bits per heavy atom. The minimum absolute atomic E-state index is 0.0927. The number of amides is 1. The van der Waals surface area contributed by atoms with Gasteiger partial charge in [-0.05, 0) is 26.2 Å². The first kappa shape index (κ1) is 10.6. The highest BCUT2D eigenvalue weighted by molar-refractivity contribution is 7.85. The number of allylic oxidation sites excluding steroid dienone is 1. The Balaban J connectivity index is 2.37. The second kappa shape index (κ2) is 4.67. The van der Waals surface area contributed by atoms with Crippen LogP contribution < -0.4 is 11.1 Å². The molecule has 1 fully saturated rings. The third kappa shape index (κ3) is 3.04. The summed E-state index contributed by atoms with van der Waals surface area (Å²) in [5.41, 5.74) is 5.72. The summed E-state index contributed by atoms with van der Waals surface area (Å²) in [6, 6.07) is 0.490. The van der Waals surface area contributed by atoms with Gasteiger partial charge in [0, 0.05) is 12.1 Å². The number of hydrogen-bond donors (Lipinski definition) is 3.